The van der Waals surface area contributed by atoms with Gasteiger partial charge in [0.05, 0.1) is 11.1 Å². The van der Waals surface area contributed by atoms with E-state index in [1.807, 2.05) is 12.1 Å². The minimum atomic E-state index is -3.90. The van der Waals surface area contributed by atoms with Crippen LogP contribution in [0, 0.1) is 5.82 Å². The zero-order valence-electron chi connectivity index (χ0n) is 16.1. The molecule has 2 aromatic heterocycles. The van der Waals surface area contributed by atoms with Gasteiger partial charge >= 0.3 is 0 Å². The van der Waals surface area contributed by atoms with Gasteiger partial charge in [0.2, 0.25) is 5.91 Å². The predicted octanol–water partition coefficient (Wildman–Crippen LogP) is 3.22. The molecule has 12 heteroatoms. The second-order valence-electron chi connectivity index (χ2n) is 6.89. The van der Waals surface area contributed by atoms with Crippen molar-refractivity contribution in [3.63, 3.8) is 0 Å². The molecule has 3 aromatic rings. The number of nitrogens with one attached hydrogen (secondary N) is 2. The second kappa shape index (κ2) is 8.60. The first-order chi connectivity index (χ1) is 14.7. The number of amides is 1. The Morgan fingerprint density at radius 1 is 1.29 bits per heavy atom. The fourth-order valence-corrected chi connectivity index (χ4v) is 5.79. The summed E-state index contributed by atoms with van der Waals surface area (Å²) in [6.45, 7) is 0. The average molecular weight is 482 g/mol. The lowest BCUT2D eigenvalue weighted by Crippen LogP contribution is -2.55. The number of aromatic nitrogens is 2. The number of hydrogen-bond donors (Lipinski definition) is 2. The number of halogens is 2. The Hall–Kier alpha value is -2.44. The van der Waals surface area contributed by atoms with Crippen LogP contribution >= 0.6 is 22.9 Å². The summed E-state index contributed by atoms with van der Waals surface area (Å²) in [6, 6.07) is 5.89. The first kappa shape index (κ1) is 21.8. The number of anilines is 1. The van der Waals surface area contributed by atoms with Crippen LogP contribution in [0.1, 0.15) is 17.3 Å². The molecule has 1 saturated heterocycles. The van der Waals surface area contributed by atoms with Crippen LogP contribution in [0.5, 0.6) is 0 Å². The van der Waals surface area contributed by atoms with Crippen molar-refractivity contribution in [2.75, 3.05) is 12.4 Å². The van der Waals surface area contributed by atoms with Gasteiger partial charge in [-0.05, 0) is 36.8 Å². The maximum Gasteiger partial charge on any atom is 0.280 e. The van der Waals surface area contributed by atoms with Crippen molar-refractivity contribution in [1.82, 2.24) is 19.0 Å². The van der Waals surface area contributed by atoms with Crippen LogP contribution in [0.3, 0.4) is 0 Å². The van der Waals surface area contributed by atoms with E-state index in [0.29, 0.717) is 0 Å². The molecule has 0 bridgehead atoms. The van der Waals surface area contributed by atoms with E-state index < -0.39 is 34.0 Å². The fraction of sp³-hybridized carbons (Fsp3) is 0.211. The smallest absolute Gasteiger partial charge is 0.280 e. The third-order valence-corrected chi connectivity index (χ3v) is 8.01. The molecule has 3 heterocycles. The highest BCUT2D eigenvalue weighted by molar-refractivity contribution is 7.87. The molecule has 162 valence electrons. The quantitative estimate of drug-likeness (QED) is 0.595. The minimum Gasteiger partial charge on any atom is -0.325 e. The molecule has 1 aliphatic heterocycles. The summed E-state index contributed by atoms with van der Waals surface area (Å²) in [4.78, 5) is 22.5. The zero-order valence-corrected chi connectivity index (χ0v) is 18.5. The Morgan fingerprint density at radius 3 is 2.74 bits per heavy atom. The Bertz CT molecular complexity index is 1220. The maximum atomic E-state index is 13.4. The standard InChI is InChI=1S/C19H17ClFN5O3S2/c1-26-16(19(27)24-12-2-3-14(21)13(20)6-12)7-15(25-31(26,28)29)18-5-4-17(30-18)11-8-22-10-23-9-11/h2-6,8-10,15-16,25H,7H2,1H3,(H,24,27). The summed E-state index contributed by atoms with van der Waals surface area (Å²) < 4.78 is 42.3. The van der Waals surface area contributed by atoms with E-state index in [-0.39, 0.29) is 17.1 Å². The van der Waals surface area contributed by atoms with Crippen molar-refractivity contribution >= 4 is 44.7 Å². The molecule has 0 aliphatic carbocycles. The molecular formula is C19H17ClFN5O3S2. The SMILES string of the molecule is CN1C(C(=O)Nc2ccc(F)c(Cl)c2)CC(c2ccc(-c3cncnc3)s2)NS1(=O)=O. The number of hydrogen-bond acceptors (Lipinski definition) is 6. The van der Waals surface area contributed by atoms with Gasteiger partial charge in [0.15, 0.2) is 0 Å². The first-order valence-electron chi connectivity index (χ1n) is 9.11. The molecule has 0 spiro atoms. The normalized spacial score (nSPS) is 21.0. The molecule has 0 saturated carbocycles. The van der Waals surface area contributed by atoms with Crippen molar-refractivity contribution < 1.29 is 17.6 Å². The summed E-state index contributed by atoms with van der Waals surface area (Å²) in [6.07, 6.45) is 4.99. The van der Waals surface area contributed by atoms with Crippen LogP contribution in [-0.2, 0) is 15.0 Å². The molecule has 1 aliphatic rings. The zero-order chi connectivity index (χ0) is 22.2. The highest BCUT2D eigenvalue weighted by Crippen LogP contribution is 2.36. The van der Waals surface area contributed by atoms with Crippen LogP contribution in [0.2, 0.25) is 5.02 Å². The molecule has 8 nitrogen and oxygen atoms in total. The Kier molecular flexibility index (Phi) is 6.04. The fourth-order valence-electron chi connectivity index (χ4n) is 3.22. The lowest BCUT2D eigenvalue weighted by molar-refractivity contribution is -0.120. The van der Waals surface area contributed by atoms with Crippen molar-refractivity contribution in [2.24, 2.45) is 0 Å². The minimum absolute atomic E-state index is 0.141. The Balaban J connectivity index is 1.57. The average Bonchev–Trinajstić information content (AvgIpc) is 3.23. The lowest BCUT2D eigenvalue weighted by atomic mass is 10.1. The number of carbonyl (C=O) groups excluding carboxylic acids is 1. The maximum absolute atomic E-state index is 13.4. The van der Waals surface area contributed by atoms with Crippen LogP contribution in [0.4, 0.5) is 10.1 Å². The Morgan fingerprint density at radius 2 is 2.03 bits per heavy atom. The van der Waals surface area contributed by atoms with Gasteiger partial charge in [-0.2, -0.15) is 17.4 Å². The van der Waals surface area contributed by atoms with E-state index in [4.69, 9.17) is 11.6 Å². The molecule has 1 fully saturated rings. The van der Waals surface area contributed by atoms with Gasteiger partial charge in [-0.15, -0.1) is 11.3 Å². The van der Waals surface area contributed by atoms with Crippen LogP contribution in [0.25, 0.3) is 10.4 Å². The van der Waals surface area contributed by atoms with E-state index in [9.17, 15) is 17.6 Å². The number of carbonyl (C=O) groups is 1. The second-order valence-corrected chi connectivity index (χ2v) is 10.2. The van der Waals surface area contributed by atoms with Crippen LogP contribution in [0.15, 0.2) is 49.1 Å². The first-order valence-corrected chi connectivity index (χ1v) is 11.7. The monoisotopic (exact) mass is 481 g/mol. The van der Waals surface area contributed by atoms with Crippen LogP contribution in [-0.4, -0.2) is 41.7 Å². The van der Waals surface area contributed by atoms with Gasteiger partial charge in [0.25, 0.3) is 10.2 Å². The topological polar surface area (TPSA) is 104 Å². The highest BCUT2D eigenvalue weighted by atomic mass is 35.5. The summed E-state index contributed by atoms with van der Waals surface area (Å²) in [5, 5.41) is 2.47. The number of nitrogens with zero attached hydrogens (tertiary/aromatic N) is 3. The number of rotatable bonds is 4. The number of benzene rings is 1. The highest BCUT2D eigenvalue weighted by Gasteiger charge is 2.41. The molecule has 1 aromatic carbocycles. The summed E-state index contributed by atoms with van der Waals surface area (Å²) in [5.41, 5.74) is 1.09. The third kappa shape index (κ3) is 4.60. The largest absolute Gasteiger partial charge is 0.325 e. The van der Waals surface area contributed by atoms with Gasteiger partial charge < -0.3 is 5.32 Å². The van der Waals surface area contributed by atoms with Crippen molar-refractivity contribution in [3.8, 4) is 10.4 Å². The van der Waals surface area contributed by atoms with Crippen LogP contribution < -0.4 is 10.0 Å². The molecule has 2 atom stereocenters. The molecule has 2 N–H and O–H groups in total. The van der Waals surface area contributed by atoms with Crippen molar-refractivity contribution in [1.29, 1.82) is 0 Å². The van der Waals surface area contributed by atoms with Gasteiger partial charge in [0, 0.05) is 40.4 Å². The number of likely N-dealkylation sites (N-methyl/N-ethyl adjacent to an activating group) is 1. The van der Waals surface area contributed by atoms with Gasteiger partial charge in [0.1, 0.15) is 18.2 Å². The number of thiophene rings is 1. The summed E-state index contributed by atoms with van der Waals surface area (Å²) in [7, 11) is -2.56. The van der Waals surface area contributed by atoms with E-state index >= 15 is 0 Å². The van der Waals surface area contributed by atoms with E-state index in [1.54, 1.807) is 12.4 Å². The lowest BCUT2D eigenvalue weighted by Gasteiger charge is -2.35. The van der Waals surface area contributed by atoms with E-state index in [1.165, 1.54) is 36.8 Å². The van der Waals surface area contributed by atoms with Crippen molar-refractivity contribution in [2.45, 2.75) is 18.5 Å². The van der Waals surface area contributed by atoms with E-state index in [0.717, 1.165) is 25.7 Å². The molecule has 31 heavy (non-hydrogen) atoms. The molecule has 1 amide bonds. The van der Waals surface area contributed by atoms with Crippen molar-refractivity contribution in [3.05, 3.63) is 64.8 Å². The third-order valence-electron chi connectivity index (χ3n) is 4.87. The predicted molar refractivity (Wildman–Crippen MR) is 116 cm³/mol. The molecular weight excluding hydrogens is 465 g/mol. The summed E-state index contributed by atoms with van der Waals surface area (Å²) in [5.74, 6) is -1.15. The Labute approximate surface area is 187 Å². The van der Waals surface area contributed by atoms with Gasteiger partial charge in [-0.25, -0.2) is 14.4 Å². The molecule has 2 unspecified atom stereocenters. The van der Waals surface area contributed by atoms with Gasteiger partial charge in [-0.1, -0.05) is 11.6 Å². The van der Waals surface area contributed by atoms with E-state index in [2.05, 4.69) is 20.0 Å². The van der Waals surface area contributed by atoms with Gasteiger partial charge in [-0.3, -0.25) is 4.79 Å². The summed E-state index contributed by atoms with van der Waals surface area (Å²) >= 11 is 7.16. The molecule has 4 rings (SSSR count). The molecule has 0 radical (unpaired) electrons.